The molecule has 2 fully saturated rings. The molecule has 3 aromatic heterocycles. The topological polar surface area (TPSA) is 123 Å². The fourth-order valence-electron chi connectivity index (χ4n) is 6.62. The van der Waals surface area contributed by atoms with Gasteiger partial charge in [-0.3, -0.25) is 4.90 Å². The van der Waals surface area contributed by atoms with Gasteiger partial charge in [0.15, 0.2) is 11.5 Å². The fourth-order valence-corrected chi connectivity index (χ4v) is 7.38. The molecule has 1 atom stereocenters. The average molecular weight is 734 g/mol. The highest BCUT2D eigenvalue weighted by molar-refractivity contribution is 6.76. The van der Waals surface area contributed by atoms with Crippen LogP contribution in [-0.2, 0) is 16.2 Å². The van der Waals surface area contributed by atoms with Crippen molar-refractivity contribution in [3.05, 3.63) is 48.8 Å². The average Bonchev–Trinajstić information content (AvgIpc) is 3.79. The molecule has 0 spiro atoms. The molecule has 15 heteroatoms. The summed E-state index contributed by atoms with van der Waals surface area (Å²) in [5.74, 6) is 0.804. The second-order valence-electron chi connectivity index (χ2n) is 16.5. The largest absolute Gasteiger partial charge is 0.444 e. The molecule has 2 saturated heterocycles. The molecule has 0 bridgehead atoms. The van der Waals surface area contributed by atoms with Crippen LogP contribution >= 0.6 is 0 Å². The van der Waals surface area contributed by atoms with Crippen molar-refractivity contribution in [1.29, 1.82) is 0 Å². The number of ether oxygens (including phenoxy) is 2. The van der Waals surface area contributed by atoms with E-state index in [9.17, 15) is 9.59 Å². The summed E-state index contributed by atoms with van der Waals surface area (Å²) in [6.07, 6.45) is 6.32. The van der Waals surface area contributed by atoms with Gasteiger partial charge in [-0.1, -0.05) is 39.6 Å². The molecule has 0 N–H and O–H groups in total. The van der Waals surface area contributed by atoms with E-state index < -0.39 is 19.5 Å². The van der Waals surface area contributed by atoms with Crippen LogP contribution < -0.4 is 4.90 Å². The molecule has 2 aliphatic rings. The lowest BCUT2D eigenvalue weighted by atomic mass is 9.96. The molecule has 280 valence electrons. The lowest BCUT2D eigenvalue weighted by Crippen LogP contribution is -2.44. The molecule has 3 amide bonds. The van der Waals surface area contributed by atoms with E-state index in [0.29, 0.717) is 55.4 Å². The van der Waals surface area contributed by atoms with Crippen LogP contribution in [0, 0.1) is 17.7 Å². The van der Waals surface area contributed by atoms with Crippen molar-refractivity contribution in [3.8, 4) is 22.5 Å². The number of halogens is 1. The fraction of sp³-hybridized carbons (Fsp3) is 0.568. The predicted molar refractivity (Wildman–Crippen MR) is 200 cm³/mol. The van der Waals surface area contributed by atoms with Crippen LogP contribution in [0.4, 0.5) is 19.8 Å². The molecule has 6 rings (SSSR count). The van der Waals surface area contributed by atoms with Gasteiger partial charge in [-0.05, 0) is 75.3 Å². The van der Waals surface area contributed by atoms with Gasteiger partial charge in [0.05, 0.1) is 17.8 Å². The Morgan fingerprint density at radius 3 is 2.52 bits per heavy atom. The van der Waals surface area contributed by atoms with E-state index in [1.807, 2.05) is 31.7 Å². The molecule has 0 saturated carbocycles. The molecule has 0 radical (unpaired) electrons. The summed E-state index contributed by atoms with van der Waals surface area (Å²) in [6, 6.07) is 7.61. The zero-order valence-corrected chi connectivity index (χ0v) is 32.7. The number of fused-ring (bicyclic) bond motifs is 1. The lowest BCUT2D eigenvalue weighted by molar-refractivity contribution is 0.0175. The predicted octanol–water partition coefficient (Wildman–Crippen LogP) is 7.02. The molecule has 0 unspecified atom stereocenters. The number of rotatable bonds is 11. The number of benzene rings is 1. The van der Waals surface area contributed by atoms with Gasteiger partial charge in [-0.25, -0.2) is 33.1 Å². The Morgan fingerprint density at radius 2 is 1.85 bits per heavy atom. The molecule has 0 aliphatic carbocycles. The number of aromatic nitrogens is 6. The van der Waals surface area contributed by atoms with Crippen LogP contribution in [-0.4, -0.2) is 104 Å². The monoisotopic (exact) mass is 733 g/mol. The number of nitrogens with zero attached hydrogens (tertiary/aromatic N) is 9. The van der Waals surface area contributed by atoms with Crippen molar-refractivity contribution in [2.75, 3.05) is 37.7 Å². The smallest absolute Gasteiger partial charge is 0.410 e. The van der Waals surface area contributed by atoms with Crippen molar-refractivity contribution >= 4 is 31.7 Å². The van der Waals surface area contributed by atoms with Crippen molar-refractivity contribution in [2.45, 2.75) is 91.5 Å². The maximum Gasteiger partial charge on any atom is 0.410 e. The zero-order chi connectivity index (χ0) is 37.4. The van der Waals surface area contributed by atoms with Crippen LogP contribution in [0.5, 0.6) is 0 Å². The second kappa shape index (κ2) is 14.9. The summed E-state index contributed by atoms with van der Waals surface area (Å²) in [6.45, 7) is 20.1. The quantitative estimate of drug-likeness (QED) is 0.119. The Bertz CT molecular complexity index is 1890. The summed E-state index contributed by atoms with van der Waals surface area (Å²) < 4.78 is 30.1. The van der Waals surface area contributed by atoms with Gasteiger partial charge in [-0.15, -0.1) is 5.10 Å². The maximum absolute atomic E-state index is 15.6. The minimum absolute atomic E-state index is 0.0783. The van der Waals surface area contributed by atoms with E-state index in [1.165, 1.54) is 6.07 Å². The number of carbonyl (C=O) groups excluding carboxylic acids is 2. The minimum atomic E-state index is -1.20. The molecular weight excluding hydrogens is 682 g/mol. The van der Waals surface area contributed by atoms with Gasteiger partial charge >= 0.3 is 12.1 Å². The van der Waals surface area contributed by atoms with Gasteiger partial charge < -0.3 is 19.3 Å². The molecule has 13 nitrogen and oxygen atoms in total. The Kier molecular flexibility index (Phi) is 10.7. The third kappa shape index (κ3) is 8.63. The van der Waals surface area contributed by atoms with Crippen molar-refractivity contribution in [2.24, 2.45) is 11.8 Å². The van der Waals surface area contributed by atoms with E-state index in [-0.39, 0.29) is 48.1 Å². The standard InChI is InChI=1S/C37H52FN9O4Si/c1-25(2)31-22-44(21-26-11-14-43(15-12-26)36(49)51-37(3,4)5)35(48)47(31)32-13-16-46-34(41-32)29(20-40-46)27-9-10-28(30(38)19-27)33-39-23-45(42-33)24-50-17-18-52(6,7)8/h9-10,13,16,19-20,23,25-26,31H,11-12,14-15,17-18,21-22,24H2,1-8H3/t31-/m1/s1. The van der Waals surface area contributed by atoms with Gasteiger partial charge in [0.2, 0.25) is 0 Å². The van der Waals surface area contributed by atoms with Gasteiger partial charge in [0.25, 0.3) is 0 Å². The second-order valence-corrected chi connectivity index (χ2v) is 22.2. The first kappa shape index (κ1) is 37.4. The lowest BCUT2D eigenvalue weighted by Gasteiger charge is -2.34. The molecule has 4 aromatic rings. The van der Waals surface area contributed by atoms with Gasteiger partial charge in [-0.2, -0.15) is 5.10 Å². The number of anilines is 1. The number of likely N-dealkylation sites (tertiary alicyclic amines) is 1. The number of carbonyl (C=O) groups is 2. The third-order valence-electron chi connectivity index (χ3n) is 9.61. The number of hydrogen-bond acceptors (Lipinski definition) is 8. The van der Waals surface area contributed by atoms with Gasteiger partial charge in [0, 0.05) is 52.6 Å². The van der Waals surface area contributed by atoms with Crippen molar-refractivity contribution in [1.82, 2.24) is 39.2 Å². The maximum atomic E-state index is 15.6. The van der Waals surface area contributed by atoms with E-state index in [1.54, 1.807) is 49.9 Å². The van der Waals surface area contributed by atoms with E-state index in [4.69, 9.17) is 14.5 Å². The summed E-state index contributed by atoms with van der Waals surface area (Å²) in [5.41, 5.74) is 1.51. The molecule has 1 aromatic carbocycles. The van der Waals surface area contributed by atoms with E-state index in [2.05, 4.69) is 48.7 Å². The molecule has 52 heavy (non-hydrogen) atoms. The number of urea groups is 1. The molecular formula is C37H52FN9O4Si. The highest BCUT2D eigenvalue weighted by Crippen LogP contribution is 2.33. The van der Waals surface area contributed by atoms with Crippen LogP contribution in [0.1, 0.15) is 47.5 Å². The first-order chi connectivity index (χ1) is 24.6. The normalized spacial score (nSPS) is 17.6. The SMILES string of the molecule is CC(C)[C@H]1CN(CC2CCN(C(=O)OC(C)(C)C)CC2)C(=O)N1c1ccn2ncc(-c3ccc(-c4ncn(COCC[Si](C)(C)C)n4)c(F)c3)c2n1. The summed E-state index contributed by atoms with van der Waals surface area (Å²) in [7, 11) is -1.20. The van der Waals surface area contributed by atoms with Crippen molar-refractivity contribution in [3.63, 3.8) is 0 Å². The zero-order valence-electron chi connectivity index (χ0n) is 31.7. The van der Waals surface area contributed by atoms with Crippen LogP contribution in [0.2, 0.25) is 25.7 Å². The Balaban J connectivity index is 1.15. The molecule has 5 heterocycles. The highest BCUT2D eigenvalue weighted by atomic mass is 28.3. The van der Waals surface area contributed by atoms with Crippen LogP contribution in [0.25, 0.3) is 28.2 Å². The number of hydrogen-bond donors (Lipinski definition) is 0. The first-order valence-electron chi connectivity index (χ1n) is 18.2. The van der Waals surface area contributed by atoms with E-state index in [0.717, 1.165) is 18.9 Å². The first-order valence-corrected chi connectivity index (χ1v) is 21.9. The Hall–Kier alpha value is -4.37. The van der Waals surface area contributed by atoms with Gasteiger partial charge in [0.1, 0.15) is 30.3 Å². The Morgan fingerprint density at radius 1 is 1.10 bits per heavy atom. The minimum Gasteiger partial charge on any atom is -0.444 e. The summed E-state index contributed by atoms with van der Waals surface area (Å²) >= 11 is 0. The number of piperidine rings is 1. The van der Waals surface area contributed by atoms with Crippen molar-refractivity contribution < 1.29 is 23.5 Å². The number of amides is 3. The Labute approximate surface area is 306 Å². The van der Waals surface area contributed by atoms with E-state index >= 15 is 4.39 Å². The summed E-state index contributed by atoms with van der Waals surface area (Å²) in [5, 5.41) is 8.90. The van der Waals surface area contributed by atoms with Crippen LogP contribution in [0.15, 0.2) is 43.0 Å². The summed E-state index contributed by atoms with van der Waals surface area (Å²) in [4.78, 5) is 41.3. The molecule has 2 aliphatic heterocycles. The highest BCUT2D eigenvalue weighted by Gasteiger charge is 2.42. The van der Waals surface area contributed by atoms with Crippen LogP contribution in [0.3, 0.4) is 0 Å². The third-order valence-corrected chi connectivity index (χ3v) is 11.3.